The third-order valence-electron chi connectivity index (χ3n) is 5.54. The Balaban J connectivity index is 1.94. The summed E-state index contributed by atoms with van der Waals surface area (Å²) in [6.07, 6.45) is 0. The van der Waals surface area contributed by atoms with E-state index in [-0.39, 0.29) is 12.3 Å². The van der Waals surface area contributed by atoms with Crippen molar-refractivity contribution in [3.8, 4) is 0 Å². The van der Waals surface area contributed by atoms with E-state index in [9.17, 15) is 9.59 Å². The van der Waals surface area contributed by atoms with Crippen LogP contribution in [0.25, 0.3) is 21.9 Å². The van der Waals surface area contributed by atoms with Gasteiger partial charge in [0.25, 0.3) is 5.56 Å². The van der Waals surface area contributed by atoms with Crippen LogP contribution in [0.2, 0.25) is 0 Å². The highest BCUT2D eigenvalue weighted by atomic mass is 16.4. The van der Waals surface area contributed by atoms with Crippen molar-refractivity contribution in [2.24, 2.45) is 12.2 Å². The van der Waals surface area contributed by atoms with Gasteiger partial charge in [0.1, 0.15) is 5.71 Å². The second-order valence-electron chi connectivity index (χ2n) is 7.40. The summed E-state index contributed by atoms with van der Waals surface area (Å²) in [5, 5.41) is 14.5. The third-order valence-corrected chi connectivity index (χ3v) is 5.54. The predicted octanol–water partition coefficient (Wildman–Crippen LogP) is 2.62. The van der Waals surface area contributed by atoms with Gasteiger partial charge < -0.3 is 9.77 Å². The van der Waals surface area contributed by atoms with Gasteiger partial charge in [-0.1, -0.05) is 35.5 Å². The Morgan fingerprint density at radius 3 is 2.63 bits per heavy atom. The molecule has 0 amide bonds. The lowest BCUT2D eigenvalue weighted by Gasteiger charge is -2.11. The number of nitrogens with zero attached hydrogens (tertiary/aromatic N) is 5. The summed E-state index contributed by atoms with van der Waals surface area (Å²) in [6, 6.07) is 12.0. The molecule has 0 bridgehead atoms. The highest BCUT2D eigenvalue weighted by Gasteiger charge is 2.21. The maximum atomic E-state index is 13.3. The van der Waals surface area contributed by atoms with Gasteiger partial charge >= 0.3 is 5.69 Å². The van der Waals surface area contributed by atoms with Crippen LogP contribution in [0.1, 0.15) is 30.8 Å². The zero-order valence-corrected chi connectivity index (χ0v) is 17.4. The summed E-state index contributed by atoms with van der Waals surface area (Å²) in [5.74, 6) is 0.338. The fourth-order valence-corrected chi connectivity index (χ4v) is 3.93. The van der Waals surface area contributed by atoms with Gasteiger partial charge in [-0.05, 0) is 48.7 Å². The first-order valence-electron chi connectivity index (χ1n) is 9.74. The van der Waals surface area contributed by atoms with Crippen molar-refractivity contribution < 1.29 is 5.21 Å². The summed E-state index contributed by atoms with van der Waals surface area (Å²) in [7, 11) is 1.67. The maximum Gasteiger partial charge on any atom is 0.333 e. The topological polar surface area (TPSA) is 94.4 Å². The van der Waals surface area contributed by atoms with E-state index in [0.717, 1.165) is 16.3 Å². The van der Waals surface area contributed by atoms with Crippen LogP contribution in [0.5, 0.6) is 0 Å². The molecule has 0 radical (unpaired) electrons. The number of rotatable bonds is 4. The van der Waals surface area contributed by atoms with E-state index in [1.807, 2.05) is 37.3 Å². The van der Waals surface area contributed by atoms with E-state index in [1.54, 1.807) is 18.5 Å². The minimum atomic E-state index is -0.420. The average molecular weight is 405 g/mol. The van der Waals surface area contributed by atoms with Crippen molar-refractivity contribution in [1.29, 1.82) is 0 Å². The van der Waals surface area contributed by atoms with Gasteiger partial charge in [-0.2, -0.15) is 0 Å². The van der Waals surface area contributed by atoms with Crippen LogP contribution in [-0.4, -0.2) is 29.6 Å². The standard InChI is InChI=1S/C22H23N5O3/c1-5-26-20-18(25(4)19(23-20)14(3)24-30)21(28)27(22(26)29)12-15-9-10-17-13(2)7-6-8-16(17)11-15/h6-11,30H,5,12H2,1-4H3/b24-14+. The van der Waals surface area contributed by atoms with Crippen molar-refractivity contribution in [2.75, 3.05) is 0 Å². The lowest BCUT2D eigenvalue weighted by atomic mass is 10.0. The smallest absolute Gasteiger partial charge is 0.333 e. The van der Waals surface area contributed by atoms with E-state index in [2.05, 4.69) is 23.1 Å². The van der Waals surface area contributed by atoms with Crippen molar-refractivity contribution >= 4 is 27.6 Å². The molecule has 2 aromatic carbocycles. The van der Waals surface area contributed by atoms with Gasteiger partial charge in [0, 0.05) is 13.6 Å². The fraction of sp³-hybridized carbons (Fsp3) is 0.273. The van der Waals surface area contributed by atoms with Crippen LogP contribution >= 0.6 is 0 Å². The second-order valence-corrected chi connectivity index (χ2v) is 7.40. The summed E-state index contributed by atoms with van der Waals surface area (Å²) in [4.78, 5) is 30.8. The highest BCUT2D eigenvalue weighted by Crippen LogP contribution is 2.20. The largest absolute Gasteiger partial charge is 0.411 e. The van der Waals surface area contributed by atoms with E-state index in [1.165, 1.54) is 14.7 Å². The van der Waals surface area contributed by atoms with Crippen molar-refractivity contribution in [3.05, 3.63) is 74.2 Å². The molecule has 0 atom stereocenters. The monoisotopic (exact) mass is 405 g/mol. The molecule has 8 heteroatoms. The van der Waals surface area contributed by atoms with Gasteiger partial charge in [-0.15, -0.1) is 0 Å². The predicted molar refractivity (Wildman–Crippen MR) is 117 cm³/mol. The molecule has 4 rings (SSSR count). The summed E-state index contributed by atoms with van der Waals surface area (Å²) >= 11 is 0. The normalized spacial score (nSPS) is 12.2. The molecule has 0 spiro atoms. The molecule has 8 nitrogen and oxygen atoms in total. The minimum Gasteiger partial charge on any atom is -0.411 e. The Hall–Kier alpha value is -3.68. The van der Waals surface area contributed by atoms with Gasteiger partial charge in [0.05, 0.1) is 6.54 Å². The van der Waals surface area contributed by atoms with E-state index in [4.69, 9.17) is 5.21 Å². The summed E-state index contributed by atoms with van der Waals surface area (Å²) in [6.45, 7) is 5.99. The molecule has 1 N–H and O–H groups in total. The SMILES string of the molecule is CCn1c(=O)n(Cc2ccc3c(C)cccc3c2)c(=O)c2c1nc(/C(C)=N/O)n2C. The van der Waals surface area contributed by atoms with Crippen LogP contribution in [0.3, 0.4) is 0 Å². The van der Waals surface area contributed by atoms with E-state index < -0.39 is 11.2 Å². The van der Waals surface area contributed by atoms with Gasteiger partial charge in [-0.25, -0.2) is 9.78 Å². The Labute approximate surface area is 172 Å². The quantitative estimate of drug-likeness (QED) is 0.321. The lowest BCUT2D eigenvalue weighted by molar-refractivity contribution is 0.318. The maximum absolute atomic E-state index is 13.3. The van der Waals surface area contributed by atoms with Crippen LogP contribution in [-0.2, 0) is 20.1 Å². The number of imidazole rings is 1. The minimum absolute atomic E-state index is 0.158. The molecule has 0 aliphatic carbocycles. The van der Waals surface area contributed by atoms with Gasteiger partial charge in [0.15, 0.2) is 17.0 Å². The summed E-state index contributed by atoms with van der Waals surface area (Å²) < 4.78 is 4.27. The van der Waals surface area contributed by atoms with E-state index in [0.29, 0.717) is 23.5 Å². The molecule has 0 saturated heterocycles. The molecular weight excluding hydrogens is 382 g/mol. The van der Waals surface area contributed by atoms with Crippen LogP contribution in [0, 0.1) is 6.92 Å². The number of oxime groups is 1. The van der Waals surface area contributed by atoms with Crippen molar-refractivity contribution in [3.63, 3.8) is 0 Å². The molecule has 0 aliphatic heterocycles. The molecule has 30 heavy (non-hydrogen) atoms. The molecule has 0 unspecified atom stereocenters. The molecule has 4 aromatic rings. The lowest BCUT2D eigenvalue weighted by Crippen LogP contribution is -2.40. The molecule has 2 aromatic heterocycles. The molecule has 0 saturated carbocycles. The van der Waals surface area contributed by atoms with E-state index >= 15 is 0 Å². The Morgan fingerprint density at radius 2 is 1.93 bits per heavy atom. The number of fused-ring (bicyclic) bond motifs is 2. The van der Waals surface area contributed by atoms with Crippen LogP contribution < -0.4 is 11.2 Å². The Morgan fingerprint density at radius 1 is 1.17 bits per heavy atom. The Bertz CT molecular complexity index is 1440. The van der Waals surface area contributed by atoms with Crippen LogP contribution in [0.4, 0.5) is 0 Å². The first-order chi connectivity index (χ1) is 14.4. The molecule has 0 aliphatic rings. The fourth-order valence-electron chi connectivity index (χ4n) is 3.93. The number of hydrogen-bond donors (Lipinski definition) is 1. The third kappa shape index (κ3) is 2.92. The van der Waals surface area contributed by atoms with Crippen molar-refractivity contribution in [1.82, 2.24) is 18.7 Å². The molecular formula is C22H23N5O3. The second kappa shape index (κ2) is 7.29. The first kappa shape index (κ1) is 19.6. The van der Waals surface area contributed by atoms with Gasteiger partial charge in [0.2, 0.25) is 0 Å². The zero-order chi connectivity index (χ0) is 21.6. The van der Waals surface area contributed by atoms with Gasteiger partial charge in [-0.3, -0.25) is 13.9 Å². The van der Waals surface area contributed by atoms with Crippen molar-refractivity contribution in [2.45, 2.75) is 33.9 Å². The zero-order valence-electron chi connectivity index (χ0n) is 17.4. The van der Waals surface area contributed by atoms with Crippen LogP contribution in [0.15, 0.2) is 51.1 Å². The number of benzene rings is 2. The molecule has 154 valence electrons. The average Bonchev–Trinajstić information content (AvgIpc) is 3.08. The first-order valence-corrected chi connectivity index (χ1v) is 9.74. The summed E-state index contributed by atoms with van der Waals surface area (Å²) in [5.41, 5.74) is 2.06. The highest BCUT2D eigenvalue weighted by molar-refractivity contribution is 5.97. The Kier molecular flexibility index (Phi) is 4.77. The number of aromatic nitrogens is 4. The molecule has 2 heterocycles. The number of hydrogen-bond acceptors (Lipinski definition) is 5. The molecule has 0 fully saturated rings. The number of aryl methyl sites for hydroxylation is 3.